The summed E-state index contributed by atoms with van der Waals surface area (Å²) >= 11 is 3.65. The summed E-state index contributed by atoms with van der Waals surface area (Å²) < 4.78 is 7.16. The second-order valence-electron chi connectivity index (χ2n) is 7.05. The normalized spacial score (nSPS) is 27.5. The number of hydrogen-bond donors (Lipinski definition) is 1. The molecule has 3 atom stereocenters. The number of nitrogens with one attached hydrogen (secondary N) is 1. The summed E-state index contributed by atoms with van der Waals surface area (Å²) in [5.41, 5.74) is 1.29. The molecule has 0 saturated heterocycles. The molecule has 116 valence electrons. The molecule has 2 nitrogen and oxygen atoms in total. The zero-order valence-corrected chi connectivity index (χ0v) is 14.7. The first-order valence-electron chi connectivity index (χ1n) is 8.26. The maximum atomic E-state index is 6.09. The first-order valence-corrected chi connectivity index (χ1v) is 9.05. The van der Waals surface area contributed by atoms with Crippen LogP contribution in [0.4, 0.5) is 0 Å². The maximum Gasteiger partial charge on any atom is 0.133 e. The minimum Gasteiger partial charge on any atom is -0.492 e. The van der Waals surface area contributed by atoms with E-state index < -0.39 is 0 Å². The summed E-state index contributed by atoms with van der Waals surface area (Å²) in [4.78, 5) is 0. The number of hydrogen-bond acceptors (Lipinski definition) is 2. The van der Waals surface area contributed by atoms with Gasteiger partial charge in [-0.1, -0.05) is 26.3 Å². The lowest BCUT2D eigenvalue weighted by Gasteiger charge is -2.22. The van der Waals surface area contributed by atoms with Crippen LogP contribution in [0.15, 0.2) is 22.7 Å². The molecule has 2 fully saturated rings. The van der Waals surface area contributed by atoms with E-state index in [-0.39, 0.29) is 0 Å². The van der Waals surface area contributed by atoms with Gasteiger partial charge in [0.05, 0.1) is 11.1 Å². The molecule has 0 radical (unpaired) electrons. The van der Waals surface area contributed by atoms with Crippen LogP contribution in [0.5, 0.6) is 5.75 Å². The summed E-state index contributed by atoms with van der Waals surface area (Å²) in [5.74, 6) is 3.71. The molecule has 2 bridgehead atoms. The average molecular weight is 352 g/mol. The Bertz CT molecular complexity index is 488. The molecule has 2 saturated carbocycles. The van der Waals surface area contributed by atoms with E-state index in [1.807, 2.05) is 0 Å². The topological polar surface area (TPSA) is 21.3 Å². The van der Waals surface area contributed by atoms with E-state index in [4.69, 9.17) is 4.74 Å². The SMILES string of the molecule is CC(C)NCc1ccc(OCC2CC3CCC2C3)c(Br)c1. The molecular weight excluding hydrogens is 326 g/mol. The highest BCUT2D eigenvalue weighted by atomic mass is 79.9. The Morgan fingerprint density at radius 2 is 2.14 bits per heavy atom. The van der Waals surface area contributed by atoms with Gasteiger partial charge in [0, 0.05) is 12.6 Å². The second-order valence-corrected chi connectivity index (χ2v) is 7.90. The zero-order valence-electron chi connectivity index (χ0n) is 13.1. The third kappa shape index (κ3) is 3.81. The Hall–Kier alpha value is -0.540. The van der Waals surface area contributed by atoms with Crippen molar-refractivity contribution in [3.05, 3.63) is 28.2 Å². The Kier molecular flexibility index (Phi) is 4.90. The van der Waals surface area contributed by atoms with Crippen LogP contribution in [0.25, 0.3) is 0 Å². The van der Waals surface area contributed by atoms with Crippen molar-refractivity contribution in [2.75, 3.05) is 6.61 Å². The molecule has 3 heteroatoms. The summed E-state index contributed by atoms with van der Waals surface area (Å²) in [6.07, 6.45) is 5.73. The Morgan fingerprint density at radius 3 is 2.76 bits per heavy atom. The summed E-state index contributed by atoms with van der Waals surface area (Å²) in [6.45, 7) is 6.13. The van der Waals surface area contributed by atoms with E-state index in [0.717, 1.165) is 41.1 Å². The van der Waals surface area contributed by atoms with E-state index in [1.54, 1.807) is 0 Å². The molecule has 0 aromatic heterocycles. The summed E-state index contributed by atoms with van der Waals surface area (Å²) in [7, 11) is 0. The Morgan fingerprint density at radius 1 is 1.29 bits per heavy atom. The van der Waals surface area contributed by atoms with E-state index in [2.05, 4.69) is 53.3 Å². The van der Waals surface area contributed by atoms with Crippen LogP contribution >= 0.6 is 15.9 Å². The van der Waals surface area contributed by atoms with Crippen molar-refractivity contribution in [2.24, 2.45) is 17.8 Å². The van der Waals surface area contributed by atoms with Crippen LogP contribution in [0.2, 0.25) is 0 Å². The van der Waals surface area contributed by atoms with Crippen molar-refractivity contribution in [3.8, 4) is 5.75 Å². The maximum absolute atomic E-state index is 6.09. The van der Waals surface area contributed by atoms with Gasteiger partial charge in [0.2, 0.25) is 0 Å². The van der Waals surface area contributed by atoms with Gasteiger partial charge in [0.25, 0.3) is 0 Å². The van der Waals surface area contributed by atoms with Gasteiger partial charge in [-0.05, 0) is 70.6 Å². The monoisotopic (exact) mass is 351 g/mol. The lowest BCUT2D eigenvalue weighted by Crippen LogP contribution is -2.21. The highest BCUT2D eigenvalue weighted by Crippen LogP contribution is 2.48. The predicted octanol–water partition coefficient (Wildman–Crippen LogP) is 4.76. The molecule has 1 aromatic carbocycles. The molecule has 0 heterocycles. The van der Waals surface area contributed by atoms with Gasteiger partial charge in [0.15, 0.2) is 0 Å². The zero-order chi connectivity index (χ0) is 14.8. The summed E-state index contributed by atoms with van der Waals surface area (Å²) in [6, 6.07) is 6.95. The second kappa shape index (κ2) is 6.70. The van der Waals surface area contributed by atoms with Crippen LogP contribution in [-0.4, -0.2) is 12.6 Å². The number of rotatable bonds is 6. The van der Waals surface area contributed by atoms with E-state index in [9.17, 15) is 0 Å². The Labute approximate surface area is 136 Å². The standard InChI is InChI=1S/C18H26BrNO/c1-12(2)20-10-14-4-6-18(17(19)9-14)21-11-16-8-13-3-5-15(16)7-13/h4,6,9,12-13,15-16,20H,3,5,7-8,10-11H2,1-2H3. The van der Waals surface area contributed by atoms with Crippen molar-refractivity contribution in [1.29, 1.82) is 0 Å². The minimum absolute atomic E-state index is 0.512. The largest absolute Gasteiger partial charge is 0.492 e. The highest BCUT2D eigenvalue weighted by molar-refractivity contribution is 9.10. The summed E-state index contributed by atoms with van der Waals surface area (Å²) in [5, 5.41) is 3.44. The van der Waals surface area contributed by atoms with Crippen LogP contribution in [-0.2, 0) is 6.54 Å². The molecule has 1 aromatic rings. The fourth-order valence-electron chi connectivity index (χ4n) is 3.87. The van der Waals surface area contributed by atoms with Gasteiger partial charge >= 0.3 is 0 Å². The van der Waals surface area contributed by atoms with Crippen LogP contribution in [0.3, 0.4) is 0 Å². The minimum atomic E-state index is 0.512. The Balaban J connectivity index is 1.53. The number of benzene rings is 1. The van der Waals surface area contributed by atoms with E-state index >= 15 is 0 Å². The van der Waals surface area contributed by atoms with Crippen molar-refractivity contribution >= 4 is 15.9 Å². The lowest BCUT2D eigenvalue weighted by molar-refractivity contribution is 0.194. The third-order valence-corrected chi connectivity index (χ3v) is 5.67. The van der Waals surface area contributed by atoms with Gasteiger partial charge in [-0.3, -0.25) is 0 Å². The number of ether oxygens (including phenoxy) is 1. The van der Waals surface area contributed by atoms with Crippen LogP contribution in [0, 0.1) is 17.8 Å². The van der Waals surface area contributed by atoms with Crippen molar-refractivity contribution in [2.45, 2.75) is 52.1 Å². The molecule has 1 N–H and O–H groups in total. The molecule has 2 aliphatic carbocycles. The van der Waals surface area contributed by atoms with Gasteiger partial charge in [0.1, 0.15) is 5.75 Å². The fourth-order valence-corrected chi connectivity index (χ4v) is 4.41. The van der Waals surface area contributed by atoms with E-state index in [0.29, 0.717) is 6.04 Å². The van der Waals surface area contributed by atoms with Crippen LogP contribution in [0.1, 0.15) is 45.1 Å². The average Bonchev–Trinajstić information content (AvgIpc) is 3.06. The molecule has 0 amide bonds. The molecular formula is C18H26BrNO. The number of fused-ring (bicyclic) bond motifs is 2. The first kappa shape index (κ1) is 15.4. The quantitative estimate of drug-likeness (QED) is 0.797. The van der Waals surface area contributed by atoms with Crippen molar-refractivity contribution in [3.63, 3.8) is 0 Å². The van der Waals surface area contributed by atoms with Crippen molar-refractivity contribution in [1.82, 2.24) is 5.32 Å². The lowest BCUT2D eigenvalue weighted by atomic mass is 9.89. The van der Waals surface area contributed by atoms with Gasteiger partial charge < -0.3 is 10.1 Å². The van der Waals surface area contributed by atoms with Gasteiger partial charge in [-0.25, -0.2) is 0 Å². The molecule has 2 aliphatic rings. The molecule has 0 spiro atoms. The molecule has 3 rings (SSSR count). The third-order valence-electron chi connectivity index (χ3n) is 5.05. The van der Waals surface area contributed by atoms with Crippen LogP contribution < -0.4 is 10.1 Å². The molecule has 0 aliphatic heterocycles. The van der Waals surface area contributed by atoms with E-state index in [1.165, 1.54) is 31.2 Å². The van der Waals surface area contributed by atoms with Gasteiger partial charge in [-0.2, -0.15) is 0 Å². The highest BCUT2D eigenvalue weighted by Gasteiger charge is 2.39. The number of halogens is 1. The first-order chi connectivity index (χ1) is 10.1. The molecule has 21 heavy (non-hydrogen) atoms. The van der Waals surface area contributed by atoms with Gasteiger partial charge in [-0.15, -0.1) is 0 Å². The van der Waals surface area contributed by atoms with Crippen molar-refractivity contribution < 1.29 is 4.74 Å². The smallest absolute Gasteiger partial charge is 0.133 e. The molecule has 3 unspecified atom stereocenters. The fraction of sp³-hybridized carbons (Fsp3) is 0.667. The predicted molar refractivity (Wildman–Crippen MR) is 90.6 cm³/mol.